The average Bonchev–Trinajstić information content (AvgIpc) is 2.79. The van der Waals surface area contributed by atoms with E-state index in [2.05, 4.69) is 16.2 Å². The molecule has 2 aromatic carbocycles. The van der Waals surface area contributed by atoms with Crippen LogP contribution in [0.25, 0.3) is 11.1 Å². The van der Waals surface area contributed by atoms with Crippen molar-refractivity contribution in [2.24, 2.45) is 0 Å². The molecule has 0 aliphatic carbocycles. The predicted octanol–water partition coefficient (Wildman–Crippen LogP) is 2.49. The molecule has 2 amide bonds. The SMILES string of the molecule is CCCOC(=O)CCC(=O)NC(=S)NNC(=O)COc1ccccc1-c1ccccc1. The molecule has 0 aromatic heterocycles. The van der Waals surface area contributed by atoms with Gasteiger partial charge < -0.3 is 14.8 Å². The number of rotatable bonds is 9. The number of esters is 1. The molecule has 0 aliphatic rings. The minimum absolute atomic E-state index is 0.0462. The van der Waals surface area contributed by atoms with Crippen molar-refractivity contribution < 1.29 is 23.9 Å². The van der Waals surface area contributed by atoms with Gasteiger partial charge in [0.15, 0.2) is 11.7 Å². The van der Waals surface area contributed by atoms with E-state index in [1.807, 2.05) is 55.5 Å². The van der Waals surface area contributed by atoms with Crippen LogP contribution in [0.3, 0.4) is 0 Å². The maximum atomic E-state index is 12.0. The van der Waals surface area contributed by atoms with Crippen LogP contribution in [0.5, 0.6) is 5.75 Å². The molecule has 0 spiro atoms. The second-order valence-electron chi connectivity index (χ2n) is 6.42. The van der Waals surface area contributed by atoms with Crippen molar-refractivity contribution in [2.45, 2.75) is 26.2 Å². The number of hydrazine groups is 1. The molecule has 9 heteroatoms. The first-order chi connectivity index (χ1) is 15.0. The Kier molecular flexibility index (Phi) is 9.96. The lowest BCUT2D eigenvalue weighted by atomic mass is 10.1. The van der Waals surface area contributed by atoms with E-state index in [-0.39, 0.29) is 24.6 Å². The summed E-state index contributed by atoms with van der Waals surface area (Å²) < 4.78 is 10.5. The molecule has 0 aliphatic heterocycles. The van der Waals surface area contributed by atoms with Crippen LogP contribution in [0.15, 0.2) is 54.6 Å². The Balaban J connectivity index is 1.72. The number of carbonyl (C=O) groups is 3. The highest BCUT2D eigenvalue weighted by atomic mass is 32.1. The van der Waals surface area contributed by atoms with Gasteiger partial charge in [0.05, 0.1) is 13.0 Å². The molecule has 2 aromatic rings. The molecule has 31 heavy (non-hydrogen) atoms. The molecular formula is C22H25N3O5S. The molecule has 3 N–H and O–H groups in total. The predicted molar refractivity (Wildman–Crippen MR) is 120 cm³/mol. The molecule has 0 fully saturated rings. The second kappa shape index (κ2) is 13.0. The molecule has 0 saturated heterocycles. The number of thiocarbonyl (C=S) groups is 1. The zero-order valence-electron chi connectivity index (χ0n) is 17.2. The van der Waals surface area contributed by atoms with E-state index in [1.165, 1.54) is 0 Å². The number of ether oxygens (including phenoxy) is 2. The van der Waals surface area contributed by atoms with E-state index < -0.39 is 17.8 Å². The Hall–Kier alpha value is -3.46. The highest BCUT2D eigenvalue weighted by Gasteiger charge is 2.11. The minimum atomic E-state index is -0.484. The van der Waals surface area contributed by atoms with Gasteiger partial charge in [-0.05, 0) is 30.3 Å². The Morgan fingerprint density at radius 1 is 0.903 bits per heavy atom. The fraction of sp³-hybridized carbons (Fsp3) is 0.273. The van der Waals surface area contributed by atoms with E-state index in [1.54, 1.807) is 6.07 Å². The Morgan fingerprint density at radius 3 is 2.35 bits per heavy atom. The fourth-order valence-corrected chi connectivity index (χ4v) is 2.64. The fourth-order valence-electron chi connectivity index (χ4n) is 2.48. The maximum absolute atomic E-state index is 12.0. The van der Waals surface area contributed by atoms with Gasteiger partial charge in [0.1, 0.15) is 5.75 Å². The second-order valence-corrected chi connectivity index (χ2v) is 6.83. The molecular weight excluding hydrogens is 418 g/mol. The number of nitrogens with one attached hydrogen (secondary N) is 3. The maximum Gasteiger partial charge on any atom is 0.306 e. The zero-order valence-corrected chi connectivity index (χ0v) is 18.0. The van der Waals surface area contributed by atoms with Crippen LogP contribution in [-0.2, 0) is 19.1 Å². The number of benzene rings is 2. The summed E-state index contributed by atoms with van der Waals surface area (Å²) in [5.41, 5.74) is 6.61. The number of hydrogen-bond acceptors (Lipinski definition) is 6. The highest BCUT2D eigenvalue weighted by molar-refractivity contribution is 7.80. The van der Waals surface area contributed by atoms with E-state index >= 15 is 0 Å². The van der Waals surface area contributed by atoms with E-state index in [9.17, 15) is 14.4 Å². The minimum Gasteiger partial charge on any atom is -0.483 e. The van der Waals surface area contributed by atoms with Crippen molar-refractivity contribution >= 4 is 35.1 Å². The van der Waals surface area contributed by atoms with Crippen molar-refractivity contribution in [1.82, 2.24) is 16.2 Å². The first kappa shape index (κ1) is 23.8. The standard InChI is InChI=1S/C22H25N3O5S/c1-2-14-29-21(28)13-12-19(26)23-22(31)25-24-20(27)15-30-18-11-7-6-10-17(18)16-8-4-3-5-9-16/h3-11H,2,12-15H2,1H3,(H,24,27)(H2,23,25,26,31). The number of hydrogen-bond donors (Lipinski definition) is 3. The van der Waals surface area contributed by atoms with Crippen LogP contribution in [0.2, 0.25) is 0 Å². The van der Waals surface area contributed by atoms with Crippen molar-refractivity contribution in [3.05, 3.63) is 54.6 Å². The molecule has 0 saturated carbocycles. The Labute approximate surface area is 186 Å². The molecule has 8 nitrogen and oxygen atoms in total. The molecule has 0 atom stereocenters. The third-order valence-corrected chi connectivity index (χ3v) is 4.13. The van der Waals surface area contributed by atoms with Gasteiger partial charge in [-0.3, -0.25) is 25.2 Å². The normalized spacial score (nSPS) is 9.97. The lowest BCUT2D eigenvalue weighted by Gasteiger charge is -2.13. The molecule has 0 unspecified atom stereocenters. The zero-order chi connectivity index (χ0) is 22.5. The summed E-state index contributed by atoms with van der Waals surface area (Å²) in [7, 11) is 0. The molecule has 164 valence electrons. The number of amides is 2. The van der Waals surface area contributed by atoms with Crippen molar-refractivity contribution in [3.63, 3.8) is 0 Å². The summed E-state index contributed by atoms with van der Waals surface area (Å²) in [6.45, 7) is 1.95. The summed E-state index contributed by atoms with van der Waals surface area (Å²) in [6.07, 6.45) is 0.598. The van der Waals surface area contributed by atoms with Crippen LogP contribution in [-0.4, -0.2) is 36.1 Å². The smallest absolute Gasteiger partial charge is 0.306 e. The first-order valence-corrected chi connectivity index (χ1v) is 10.2. The Bertz CT molecular complexity index is 905. The third kappa shape index (κ3) is 8.83. The van der Waals surface area contributed by atoms with E-state index in [4.69, 9.17) is 21.7 Å². The van der Waals surface area contributed by atoms with Gasteiger partial charge in [0, 0.05) is 12.0 Å². The monoisotopic (exact) mass is 443 g/mol. The lowest BCUT2D eigenvalue weighted by molar-refractivity contribution is -0.144. The van der Waals surface area contributed by atoms with Gasteiger partial charge in [-0.15, -0.1) is 0 Å². The van der Waals surface area contributed by atoms with Crippen LogP contribution in [0.4, 0.5) is 0 Å². The van der Waals surface area contributed by atoms with Crippen LogP contribution >= 0.6 is 12.2 Å². The molecule has 0 radical (unpaired) electrons. The van der Waals surface area contributed by atoms with Crippen molar-refractivity contribution in [3.8, 4) is 16.9 Å². The number of carbonyl (C=O) groups excluding carboxylic acids is 3. The van der Waals surface area contributed by atoms with Gasteiger partial charge in [-0.2, -0.15) is 0 Å². The lowest BCUT2D eigenvalue weighted by Crippen LogP contribution is -2.49. The van der Waals surface area contributed by atoms with Gasteiger partial charge in [-0.25, -0.2) is 0 Å². The Morgan fingerprint density at radius 2 is 1.61 bits per heavy atom. The summed E-state index contributed by atoms with van der Waals surface area (Å²) >= 11 is 4.95. The van der Waals surface area contributed by atoms with Crippen LogP contribution < -0.4 is 20.9 Å². The van der Waals surface area contributed by atoms with E-state index in [0.717, 1.165) is 11.1 Å². The molecule has 0 bridgehead atoms. The topological polar surface area (TPSA) is 106 Å². The number of para-hydroxylation sites is 1. The highest BCUT2D eigenvalue weighted by Crippen LogP contribution is 2.29. The van der Waals surface area contributed by atoms with Gasteiger partial charge >= 0.3 is 5.97 Å². The van der Waals surface area contributed by atoms with Gasteiger partial charge in [0.25, 0.3) is 5.91 Å². The van der Waals surface area contributed by atoms with Crippen molar-refractivity contribution in [2.75, 3.05) is 13.2 Å². The van der Waals surface area contributed by atoms with Gasteiger partial charge in [0.2, 0.25) is 5.91 Å². The summed E-state index contributed by atoms with van der Waals surface area (Å²) in [6, 6.07) is 17.1. The van der Waals surface area contributed by atoms with E-state index in [0.29, 0.717) is 18.8 Å². The third-order valence-electron chi connectivity index (χ3n) is 3.92. The molecule has 2 rings (SSSR count). The van der Waals surface area contributed by atoms with Crippen LogP contribution in [0.1, 0.15) is 26.2 Å². The first-order valence-electron chi connectivity index (χ1n) is 9.81. The summed E-state index contributed by atoms with van der Waals surface area (Å²) in [5.74, 6) is -0.831. The average molecular weight is 444 g/mol. The van der Waals surface area contributed by atoms with Gasteiger partial charge in [-0.1, -0.05) is 55.5 Å². The molecule has 0 heterocycles. The van der Waals surface area contributed by atoms with Crippen molar-refractivity contribution in [1.29, 1.82) is 0 Å². The summed E-state index contributed by atoms with van der Waals surface area (Å²) in [4.78, 5) is 35.2. The summed E-state index contributed by atoms with van der Waals surface area (Å²) in [5, 5.41) is 2.28. The largest absolute Gasteiger partial charge is 0.483 e. The van der Waals surface area contributed by atoms with Crippen LogP contribution in [0, 0.1) is 0 Å². The quantitative estimate of drug-likeness (QED) is 0.311.